The van der Waals surface area contributed by atoms with Crippen LogP contribution in [0.3, 0.4) is 0 Å². The molecule has 1 atom stereocenters. The van der Waals surface area contributed by atoms with Crippen LogP contribution in [0.25, 0.3) is 0 Å². The van der Waals surface area contributed by atoms with Gasteiger partial charge in [-0.05, 0) is 42.3 Å². The first kappa shape index (κ1) is 17.7. The summed E-state index contributed by atoms with van der Waals surface area (Å²) in [5.41, 5.74) is 2.03. The summed E-state index contributed by atoms with van der Waals surface area (Å²) in [5.74, 6) is 1.22. The van der Waals surface area contributed by atoms with Gasteiger partial charge in [0.15, 0.2) is 11.5 Å². The second-order valence-electron chi connectivity index (χ2n) is 6.09. The van der Waals surface area contributed by atoms with E-state index < -0.39 is 0 Å². The Morgan fingerprint density at radius 1 is 1.08 bits per heavy atom. The van der Waals surface area contributed by atoms with Gasteiger partial charge in [-0.15, -0.1) is 0 Å². The van der Waals surface area contributed by atoms with Crippen LogP contribution in [0.2, 0.25) is 0 Å². The number of nitrogens with zero attached hydrogens (tertiary/aromatic N) is 1. The molecule has 25 heavy (non-hydrogen) atoms. The van der Waals surface area contributed by atoms with Crippen LogP contribution in [-0.4, -0.2) is 44.8 Å². The van der Waals surface area contributed by atoms with Gasteiger partial charge < -0.3 is 14.8 Å². The summed E-state index contributed by atoms with van der Waals surface area (Å²) in [6.07, 6.45) is 0. The lowest BCUT2D eigenvalue weighted by Crippen LogP contribution is -2.45. The second-order valence-corrected chi connectivity index (χ2v) is 6.09. The number of hydrogen-bond donors (Lipinski definition) is 1. The highest BCUT2D eigenvalue weighted by Gasteiger charge is 2.25. The molecule has 0 radical (unpaired) electrons. The van der Waals surface area contributed by atoms with Gasteiger partial charge in [-0.3, -0.25) is 4.90 Å². The monoisotopic (exact) mass is 344 g/mol. The molecule has 0 aliphatic carbocycles. The molecule has 5 heteroatoms. The van der Waals surface area contributed by atoms with E-state index in [-0.39, 0.29) is 11.9 Å². The molecule has 0 aromatic heterocycles. The number of halogens is 1. The zero-order chi connectivity index (χ0) is 17.6. The Labute approximate surface area is 148 Å². The van der Waals surface area contributed by atoms with Gasteiger partial charge in [-0.25, -0.2) is 4.39 Å². The molecule has 1 aliphatic heterocycles. The lowest BCUT2D eigenvalue weighted by molar-refractivity contribution is 0.197. The van der Waals surface area contributed by atoms with Crippen LogP contribution in [0.5, 0.6) is 11.5 Å². The highest BCUT2D eigenvalue weighted by atomic mass is 19.1. The highest BCUT2D eigenvalue weighted by Crippen LogP contribution is 2.35. The molecule has 0 amide bonds. The zero-order valence-electron chi connectivity index (χ0n) is 14.8. The maximum atomic E-state index is 13.9. The summed E-state index contributed by atoms with van der Waals surface area (Å²) in [7, 11) is 1.64. The molecule has 1 unspecified atom stereocenters. The van der Waals surface area contributed by atoms with E-state index in [4.69, 9.17) is 9.47 Å². The summed E-state index contributed by atoms with van der Waals surface area (Å²) in [4.78, 5) is 2.38. The molecule has 1 heterocycles. The molecule has 2 aromatic carbocycles. The quantitative estimate of drug-likeness (QED) is 0.872. The molecular formula is C20H25FN2O2. The van der Waals surface area contributed by atoms with Gasteiger partial charge in [-0.2, -0.15) is 0 Å². The van der Waals surface area contributed by atoms with E-state index in [0.717, 1.165) is 43.1 Å². The van der Waals surface area contributed by atoms with Gasteiger partial charge >= 0.3 is 0 Å². The van der Waals surface area contributed by atoms with Crippen molar-refractivity contribution >= 4 is 0 Å². The normalized spacial score (nSPS) is 16.4. The third-order valence-corrected chi connectivity index (χ3v) is 4.48. The Kier molecular flexibility index (Phi) is 5.89. The smallest absolute Gasteiger partial charge is 0.161 e. The first-order valence-electron chi connectivity index (χ1n) is 8.74. The van der Waals surface area contributed by atoms with Crippen molar-refractivity contribution in [3.63, 3.8) is 0 Å². The van der Waals surface area contributed by atoms with E-state index in [9.17, 15) is 4.39 Å². The molecule has 2 aromatic rings. The van der Waals surface area contributed by atoms with E-state index in [1.54, 1.807) is 19.2 Å². The Morgan fingerprint density at radius 3 is 2.52 bits per heavy atom. The predicted molar refractivity (Wildman–Crippen MR) is 96.8 cm³/mol. The molecule has 1 fully saturated rings. The van der Waals surface area contributed by atoms with Crippen molar-refractivity contribution in [3.8, 4) is 11.5 Å². The van der Waals surface area contributed by atoms with Gasteiger partial charge in [0.1, 0.15) is 5.82 Å². The molecule has 0 saturated carbocycles. The van der Waals surface area contributed by atoms with Crippen molar-refractivity contribution in [2.24, 2.45) is 0 Å². The molecule has 0 spiro atoms. The summed E-state index contributed by atoms with van der Waals surface area (Å²) in [5, 5.41) is 3.37. The third kappa shape index (κ3) is 4.11. The minimum absolute atomic E-state index is 0.0112. The second kappa shape index (κ2) is 8.32. The molecule has 4 nitrogen and oxygen atoms in total. The maximum absolute atomic E-state index is 13.9. The van der Waals surface area contributed by atoms with E-state index in [1.807, 2.05) is 31.2 Å². The van der Waals surface area contributed by atoms with Crippen molar-refractivity contribution in [3.05, 3.63) is 59.4 Å². The van der Waals surface area contributed by atoms with Gasteiger partial charge in [-0.1, -0.05) is 18.2 Å². The van der Waals surface area contributed by atoms with Crippen LogP contribution < -0.4 is 14.8 Å². The van der Waals surface area contributed by atoms with Gasteiger partial charge in [0.25, 0.3) is 0 Å². The van der Waals surface area contributed by atoms with Crippen LogP contribution in [0, 0.1) is 5.82 Å². The first-order chi connectivity index (χ1) is 12.2. The fraction of sp³-hybridized carbons (Fsp3) is 0.400. The molecule has 1 saturated heterocycles. The molecule has 1 aliphatic rings. The first-order valence-corrected chi connectivity index (χ1v) is 8.74. The zero-order valence-corrected chi connectivity index (χ0v) is 14.8. The number of hydrogen-bond acceptors (Lipinski definition) is 4. The topological polar surface area (TPSA) is 33.7 Å². The summed E-state index contributed by atoms with van der Waals surface area (Å²) >= 11 is 0. The average Bonchev–Trinajstić information content (AvgIpc) is 2.63. The summed E-state index contributed by atoms with van der Waals surface area (Å²) in [6.45, 7) is 6.21. The Balaban J connectivity index is 2.03. The van der Waals surface area contributed by atoms with Crippen LogP contribution >= 0.6 is 0 Å². The predicted octanol–water partition coefficient (Wildman–Crippen LogP) is 3.23. The standard InChI is InChI=1S/C20H25FN2O2/c1-3-25-19-14-16(7-8-18(19)24-2)20(23-11-9-22-10-12-23)15-5-4-6-17(21)13-15/h4-8,13-14,20,22H,3,9-12H2,1-2H3. The van der Waals surface area contributed by atoms with Crippen LogP contribution in [0.4, 0.5) is 4.39 Å². The molecule has 3 rings (SSSR count). The maximum Gasteiger partial charge on any atom is 0.161 e. The average molecular weight is 344 g/mol. The lowest BCUT2D eigenvalue weighted by atomic mass is 9.96. The van der Waals surface area contributed by atoms with E-state index in [2.05, 4.69) is 10.2 Å². The van der Waals surface area contributed by atoms with Crippen LogP contribution in [0.15, 0.2) is 42.5 Å². The third-order valence-electron chi connectivity index (χ3n) is 4.48. The lowest BCUT2D eigenvalue weighted by Gasteiger charge is -2.35. The Morgan fingerprint density at radius 2 is 1.84 bits per heavy atom. The molecule has 1 N–H and O–H groups in total. The Hall–Kier alpha value is -2.11. The molecule has 0 bridgehead atoms. The van der Waals surface area contributed by atoms with E-state index in [1.165, 1.54) is 6.07 Å². The van der Waals surface area contributed by atoms with Gasteiger partial charge in [0.2, 0.25) is 0 Å². The fourth-order valence-electron chi connectivity index (χ4n) is 3.36. The number of piperazine rings is 1. The number of nitrogens with one attached hydrogen (secondary N) is 1. The number of methoxy groups -OCH3 is 1. The van der Waals surface area contributed by atoms with Crippen molar-refractivity contribution in [1.82, 2.24) is 10.2 Å². The Bertz CT molecular complexity index is 702. The molecule has 134 valence electrons. The number of ether oxygens (including phenoxy) is 2. The minimum atomic E-state index is -0.212. The largest absolute Gasteiger partial charge is 0.493 e. The number of rotatable bonds is 6. The number of benzene rings is 2. The van der Waals surface area contributed by atoms with E-state index in [0.29, 0.717) is 12.4 Å². The van der Waals surface area contributed by atoms with Crippen molar-refractivity contribution < 1.29 is 13.9 Å². The fourth-order valence-corrected chi connectivity index (χ4v) is 3.36. The summed E-state index contributed by atoms with van der Waals surface area (Å²) < 4.78 is 25.0. The highest BCUT2D eigenvalue weighted by molar-refractivity contribution is 5.46. The van der Waals surface area contributed by atoms with Gasteiger partial charge in [0, 0.05) is 26.2 Å². The summed E-state index contributed by atoms with van der Waals surface area (Å²) in [6, 6.07) is 12.8. The van der Waals surface area contributed by atoms with E-state index >= 15 is 0 Å². The van der Waals surface area contributed by atoms with Crippen LogP contribution in [-0.2, 0) is 0 Å². The molecular weight excluding hydrogens is 319 g/mol. The van der Waals surface area contributed by atoms with Crippen molar-refractivity contribution in [1.29, 1.82) is 0 Å². The minimum Gasteiger partial charge on any atom is -0.493 e. The van der Waals surface area contributed by atoms with Crippen molar-refractivity contribution in [2.45, 2.75) is 13.0 Å². The SMILES string of the molecule is CCOc1cc(C(c2cccc(F)c2)N2CCNCC2)ccc1OC. The van der Waals surface area contributed by atoms with Crippen LogP contribution in [0.1, 0.15) is 24.1 Å². The van der Waals surface area contributed by atoms with Crippen molar-refractivity contribution in [2.75, 3.05) is 39.9 Å². The van der Waals surface area contributed by atoms with Gasteiger partial charge in [0.05, 0.1) is 19.8 Å².